The number of hydrogen-bond donors (Lipinski definition) is 2. The van der Waals surface area contributed by atoms with E-state index in [9.17, 15) is 26.4 Å². The largest absolute Gasteiger partial charge is 2.00 e. The van der Waals surface area contributed by atoms with E-state index in [2.05, 4.69) is 9.98 Å². The van der Waals surface area contributed by atoms with E-state index in [4.69, 9.17) is 19.1 Å². The van der Waals surface area contributed by atoms with Gasteiger partial charge in [-0.05, 0) is 86.6 Å². The van der Waals surface area contributed by atoms with Gasteiger partial charge in [0.05, 0.1) is 43.1 Å². The van der Waals surface area contributed by atoms with Gasteiger partial charge in [-0.3, -0.25) is 19.6 Å². The van der Waals surface area contributed by atoms with Gasteiger partial charge in [-0.15, -0.1) is 24.8 Å². The van der Waals surface area contributed by atoms with Crippen molar-refractivity contribution < 1.29 is 45.1 Å². The third kappa shape index (κ3) is 10.8. The number of primary sulfonamides is 2. The maximum absolute atomic E-state index is 12.4. The van der Waals surface area contributed by atoms with Gasteiger partial charge in [0.2, 0.25) is 30.9 Å². The van der Waals surface area contributed by atoms with Crippen LogP contribution in [0.1, 0.15) is 22.3 Å². The number of rotatable bonds is 6. The first-order valence-corrected chi connectivity index (χ1v) is 17.2. The summed E-state index contributed by atoms with van der Waals surface area (Å²) >= 11 is 0. The van der Waals surface area contributed by atoms with Gasteiger partial charge in [0.1, 0.15) is 23.7 Å². The molecule has 0 atom stereocenters. The Kier molecular flexibility index (Phi) is 14.9. The molecule has 0 aliphatic heterocycles. The van der Waals surface area contributed by atoms with Crippen LogP contribution in [0.4, 0.5) is 11.4 Å². The third-order valence-electron chi connectivity index (χ3n) is 6.95. The first kappa shape index (κ1) is 42.8. The van der Waals surface area contributed by atoms with Gasteiger partial charge in [-0.1, -0.05) is 23.3 Å². The van der Waals surface area contributed by atoms with Crippen LogP contribution in [0.15, 0.2) is 136 Å². The molecular formula is C34H30Cl2N4O8S2Zn+2. The molecule has 4 N–H and O–H groups in total. The molecule has 2 aromatic heterocycles. The molecule has 0 saturated heterocycles. The molecule has 0 fully saturated rings. The Morgan fingerprint density at radius 2 is 0.902 bits per heavy atom. The summed E-state index contributed by atoms with van der Waals surface area (Å²) in [7, 11) is -7.48. The van der Waals surface area contributed by atoms with Gasteiger partial charge in [-0.25, -0.2) is 27.1 Å². The van der Waals surface area contributed by atoms with Crippen LogP contribution in [0.25, 0.3) is 21.9 Å². The number of halogens is 2. The Hall–Kier alpha value is -4.34. The van der Waals surface area contributed by atoms with E-state index >= 15 is 0 Å². The van der Waals surface area contributed by atoms with Gasteiger partial charge in [0, 0.05) is 12.4 Å². The van der Waals surface area contributed by atoms with Crippen molar-refractivity contribution in [2.75, 3.05) is 0 Å². The summed E-state index contributed by atoms with van der Waals surface area (Å²) in [5, 5.41) is 11.1. The molecule has 0 radical (unpaired) electrons. The molecule has 0 spiro atoms. The normalized spacial score (nSPS) is 11.4. The predicted octanol–water partition coefficient (Wildman–Crippen LogP) is 5.84. The first-order valence-electron chi connectivity index (χ1n) is 14.1. The van der Waals surface area contributed by atoms with Crippen molar-refractivity contribution in [3.63, 3.8) is 0 Å². The van der Waals surface area contributed by atoms with Crippen LogP contribution in [0.5, 0.6) is 0 Å². The second-order valence-electron chi connectivity index (χ2n) is 10.6. The van der Waals surface area contributed by atoms with Crippen molar-refractivity contribution in [2.45, 2.75) is 23.6 Å². The van der Waals surface area contributed by atoms with E-state index in [-0.39, 0.29) is 64.9 Å². The fraction of sp³-hybridized carbons (Fsp3) is 0.0588. The zero-order valence-corrected chi connectivity index (χ0v) is 33.3. The van der Waals surface area contributed by atoms with E-state index in [1.165, 1.54) is 73.5 Å². The Morgan fingerprint density at radius 1 is 0.569 bits per heavy atom. The average molecular weight is 823 g/mol. The quantitative estimate of drug-likeness (QED) is 0.154. The SMILES string of the molecule is Cc1ccc2occ(C=Nc3ccc(S(N)(=O)=O)cc3)c(=O)c2c1.Cc1ccc2occ(C=Nc3ccc(S(N)(=O)=O)cc3)c(=O)c2c1.Cl.Cl.[Zn+2]. The van der Waals surface area contributed by atoms with Gasteiger partial charge in [0.15, 0.2) is 0 Å². The third-order valence-corrected chi connectivity index (χ3v) is 8.80. The molecule has 260 valence electrons. The summed E-state index contributed by atoms with van der Waals surface area (Å²) < 4.78 is 55.7. The molecule has 2 heterocycles. The number of benzene rings is 4. The van der Waals surface area contributed by atoms with Crippen molar-refractivity contribution in [3.05, 3.63) is 140 Å². The fourth-order valence-electron chi connectivity index (χ4n) is 4.43. The maximum atomic E-state index is 12.4. The fourth-order valence-corrected chi connectivity index (χ4v) is 5.46. The van der Waals surface area contributed by atoms with Gasteiger partial charge in [-0.2, -0.15) is 0 Å². The average Bonchev–Trinajstić information content (AvgIpc) is 3.04. The van der Waals surface area contributed by atoms with Crippen molar-refractivity contribution in [2.24, 2.45) is 20.3 Å². The summed E-state index contributed by atoms with van der Waals surface area (Å²) in [4.78, 5) is 33.2. The molecule has 0 saturated carbocycles. The molecule has 6 rings (SSSR count). The van der Waals surface area contributed by atoms with Gasteiger partial charge in [0.25, 0.3) is 0 Å². The molecule has 17 heteroatoms. The van der Waals surface area contributed by atoms with Crippen molar-refractivity contribution in [3.8, 4) is 0 Å². The molecule has 0 aliphatic rings. The first-order chi connectivity index (χ1) is 22.7. The van der Waals surface area contributed by atoms with E-state index in [1.54, 1.807) is 24.3 Å². The molecule has 12 nitrogen and oxygen atoms in total. The molecular weight excluding hydrogens is 793 g/mol. The standard InChI is InChI=1S/2C17H14N2O4S.2ClH.Zn/c2*1-11-2-7-16-15(8-11)17(20)12(10-23-16)9-19-13-3-5-14(6-4-13)24(18,21)22;;;/h2*2-10H,1H3,(H2,18,21,22);2*1H;/q;;;;+2. The number of sulfonamides is 2. The smallest absolute Gasteiger partial charge is 0.463 e. The number of aliphatic imine (C=N–C) groups is 2. The van der Waals surface area contributed by atoms with Gasteiger partial charge < -0.3 is 8.83 Å². The Bertz CT molecular complexity index is 2400. The summed E-state index contributed by atoms with van der Waals surface area (Å²) in [6.07, 6.45) is 5.48. The summed E-state index contributed by atoms with van der Waals surface area (Å²) in [5.41, 5.74) is 4.20. The zero-order chi connectivity index (χ0) is 34.6. The van der Waals surface area contributed by atoms with E-state index in [0.717, 1.165) is 11.1 Å². The van der Waals surface area contributed by atoms with Crippen LogP contribution in [0, 0.1) is 13.8 Å². The van der Waals surface area contributed by atoms with Crippen LogP contribution < -0.4 is 21.1 Å². The second kappa shape index (κ2) is 17.7. The molecule has 4 aromatic carbocycles. The molecule has 0 amide bonds. The number of nitrogens with two attached hydrogens (primary N) is 2. The summed E-state index contributed by atoms with van der Waals surface area (Å²) in [6.45, 7) is 3.79. The number of hydrogen-bond acceptors (Lipinski definition) is 10. The zero-order valence-electron chi connectivity index (χ0n) is 27.0. The van der Waals surface area contributed by atoms with E-state index in [1.807, 2.05) is 26.0 Å². The Balaban J connectivity index is 0.000000334. The Labute approximate surface area is 318 Å². The maximum Gasteiger partial charge on any atom is 2.00 e. The van der Waals surface area contributed by atoms with Gasteiger partial charge >= 0.3 is 19.5 Å². The topological polar surface area (TPSA) is 205 Å². The van der Waals surface area contributed by atoms with Crippen molar-refractivity contribution in [1.29, 1.82) is 0 Å². The van der Waals surface area contributed by atoms with Crippen LogP contribution in [-0.2, 0) is 39.5 Å². The molecule has 0 unspecified atom stereocenters. The van der Waals surface area contributed by atoms with Crippen LogP contribution in [0.2, 0.25) is 0 Å². The molecule has 0 aliphatic carbocycles. The summed E-state index contributed by atoms with van der Waals surface area (Å²) in [5.74, 6) is 0. The monoisotopic (exact) mass is 820 g/mol. The van der Waals surface area contributed by atoms with E-state index in [0.29, 0.717) is 44.4 Å². The van der Waals surface area contributed by atoms with Crippen molar-refractivity contribution >= 4 is 90.6 Å². The predicted molar refractivity (Wildman–Crippen MR) is 199 cm³/mol. The minimum atomic E-state index is -3.74. The minimum Gasteiger partial charge on any atom is -0.463 e. The second-order valence-corrected chi connectivity index (χ2v) is 13.8. The van der Waals surface area contributed by atoms with E-state index < -0.39 is 20.0 Å². The number of aryl methyl sites for hydroxylation is 2. The molecule has 0 bridgehead atoms. The minimum absolute atomic E-state index is 0. The number of nitrogens with zero attached hydrogens (tertiary/aromatic N) is 2. The molecule has 6 aromatic rings. The van der Waals surface area contributed by atoms with Crippen LogP contribution in [-0.4, -0.2) is 29.3 Å². The number of fused-ring (bicyclic) bond motifs is 2. The molecule has 51 heavy (non-hydrogen) atoms. The summed E-state index contributed by atoms with van der Waals surface area (Å²) in [6, 6.07) is 22.2. The van der Waals surface area contributed by atoms with Crippen molar-refractivity contribution in [1.82, 2.24) is 0 Å². The van der Waals surface area contributed by atoms with Crippen LogP contribution in [0.3, 0.4) is 0 Å². The Morgan fingerprint density at radius 3 is 1.22 bits per heavy atom. The van der Waals surface area contributed by atoms with Crippen LogP contribution >= 0.6 is 24.8 Å².